The molecule has 0 aromatic heterocycles. The molecule has 1 heterocycles. The van der Waals surface area contributed by atoms with Crippen molar-refractivity contribution in [2.45, 2.75) is 25.7 Å². The van der Waals surface area contributed by atoms with Crippen molar-refractivity contribution < 1.29 is 14.3 Å². The zero-order valence-electron chi connectivity index (χ0n) is 9.96. The molecule has 1 fully saturated rings. The lowest BCUT2D eigenvalue weighted by molar-refractivity contribution is -0.0770. The van der Waals surface area contributed by atoms with Crippen molar-refractivity contribution in [1.82, 2.24) is 4.90 Å². The molecule has 4 nitrogen and oxygen atoms in total. The number of hydrogen-bond acceptors (Lipinski definition) is 3. The van der Waals surface area contributed by atoms with E-state index < -0.39 is 0 Å². The Morgan fingerprint density at radius 3 is 2.88 bits per heavy atom. The number of ether oxygens (including phenoxy) is 2. The molecule has 0 radical (unpaired) electrons. The minimum absolute atomic E-state index is 0.333. The molecule has 0 N–H and O–H groups in total. The maximum atomic E-state index is 11.7. The Bertz CT molecular complexity index is 360. The van der Waals surface area contributed by atoms with Gasteiger partial charge < -0.3 is 14.4 Å². The van der Waals surface area contributed by atoms with E-state index in [9.17, 15) is 4.79 Å². The van der Waals surface area contributed by atoms with Gasteiger partial charge in [0.15, 0.2) is 0 Å². The van der Waals surface area contributed by atoms with Gasteiger partial charge in [-0.3, -0.25) is 0 Å². The molecule has 1 aromatic carbocycles. The Balaban J connectivity index is 1.82. The highest BCUT2D eigenvalue weighted by molar-refractivity contribution is 5.67. The molecule has 0 spiro atoms. The quantitative estimate of drug-likeness (QED) is 0.807. The fourth-order valence-electron chi connectivity index (χ4n) is 1.77. The predicted molar refractivity (Wildman–Crippen MR) is 63.4 cm³/mol. The van der Waals surface area contributed by atoms with E-state index in [1.165, 1.54) is 0 Å². The number of nitrogens with zero attached hydrogens (tertiary/aromatic N) is 1. The van der Waals surface area contributed by atoms with Crippen LogP contribution in [0.4, 0.5) is 4.79 Å². The van der Waals surface area contributed by atoms with Crippen molar-refractivity contribution in [2.75, 3.05) is 13.7 Å². The van der Waals surface area contributed by atoms with E-state index in [0.717, 1.165) is 18.4 Å². The third-order valence-electron chi connectivity index (χ3n) is 2.69. The molecule has 92 valence electrons. The van der Waals surface area contributed by atoms with Gasteiger partial charge in [-0.05, 0) is 12.0 Å². The second-order valence-electron chi connectivity index (χ2n) is 4.17. The highest BCUT2D eigenvalue weighted by Crippen LogP contribution is 2.14. The molecular weight excluding hydrogens is 218 g/mol. The zero-order valence-corrected chi connectivity index (χ0v) is 9.96. The fraction of sp³-hybridized carbons (Fsp3) is 0.462. The van der Waals surface area contributed by atoms with Gasteiger partial charge in [0.2, 0.25) is 6.29 Å². The summed E-state index contributed by atoms with van der Waals surface area (Å²) in [6.07, 6.45) is 1.06. The van der Waals surface area contributed by atoms with E-state index in [2.05, 4.69) is 0 Å². The third kappa shape index (κ3) is 3.46. The maximum Gasteiger partial charge on any atom is 0.412 e. The van der Waals surface area contributed by atoms with Gasteiger partial charge in [0.05, 0.1) is 6.61 Å². The van der Waals surface area contributed by atoms with Gasteiger partial charge in [-0.1, -0.05) is 30.3 Å². The van der Waals surface area contributed by atoms with Crippen molar-refractivity contribution in [2.24, 2.45) is 0 Å². The Morgan fingerprint density at radius 1 is 1.47 bits per heavy atom. The van der Waals surface area contributed by atoms with Crippen molar-refractivity contribution in [3.63, 3.8) is 0 Å². The van der Waals surface area contributed by atoms with Crippen LogP contribution >= 0.6 is 0 Å². The molecule has 4 heteroatoms. The van der Waals surface area contributed by atoms with Crippen LogP contribution in [-0.2, 0) is 16.0 Å². The molecule has 0 unspecified atom stereocenters. The topological polar surface area (TPSA) is 38.8 Å². The van der Waals surface area contributed by atoms with Gasteiger partial charge in [0.25, 0.3) is 0 Å². The van der Waals surface area contributed by atoms with E-state index >= 15 is 0 Å². The van der Waals surface area contributed by atoms with Gasteiger partial charge in [0, 0.05) is 20.0 Å². The lowest BCUT2D eigenvalue weighted by Crippen LogP contribution is -2.30. The molecule has 1 aromatic rings. The minimum atomic E-state index is -0.360. The molecule has 1 aliphatic rings. The first-order valence-electron chi connectivity index (χ1n) is 5.83. The molecule has 1 saturated heterocycles. The van der Waals surface area contributed by atoms with Crippen LogP contribution in [0.15, 0.2) is 30.3 Å². The highest BCUT2D eigenvalue weighted by atomic mass is 16.7. The lowest BCUT2D eigenvalue weighted by Gasteiger charge is -2.19. The van der Waals surface area contributed by atoms with Crippen molar-refractivity contribution in [3.8, 4) is 0 Å². The van der Waals surface area contributed by atoms with Crippen molar-refractivity contribution >= 4 is 6.09 Å². The Hall–Kier alpha value is -1.55. The van der Waals surface area contributed by atoms with Gasteiger partial charge >= 0.3 is 6.09 Å². The molecule has 0 saturated carbocycles. The maximum absolute atomic E-state index is 11.7. The van der Waals surface area contributed by atoms with Gasteiger partial charge in [-0.15, -0.1) is 0 Å². The van der Waals surface area contributed by atoms with Crippen LogP contribution in [0.25, 0.3) is 0 Å². The summed E-state index contributed by atoms with van der Waals surface area (Å²) in [6.45, 7) is 1.23. The molecule has 2 rings (SSSR count). The van der Waals surface area contributed by atoms with Crippen LogP contribution in [0.3, 0.4) is 0 Å². The first kappa shape index (κ1) is 11.9. The average molecular weight is 235 g/mol. The first-order valence-corrected chi connectivity index (χ1v) is 5.83. The second kappa shape index (κ2) is 5.68. The Kier molecular flexibility index (Phi) is 3.98. The summed E-state index contributed by atoms with van der Waals surface area (Å²) in [6, 6.07) is 9.82. The number of amides is 1. The Morgan fingerprint density at radius 2 is 2.24 bits per heavy atom. The summed E-state index contributed by atoms with van der Waals surface area (Å²) in [5.74, 6) is 0. The van der Waals surface area contributed by atoms with Crippen molar-refractivity contribution in [1.29, 1.82) is 0 Å². The summed E-state index contributed by atoms with van der Waals surface area (Å²) in [5.41, 5.74) is 1.08. The van der Waals surface area contributed by atoms with Crippen LogP contribution < -0.4 is 0 Å². The zero-order chi connectivity index (χ0) is 12.1. The monoisotopic (exact) mass is 235 g/mol. The summed E-state index contributed by atoms with van der Waals surface area (Å²) >= 11 is 0. The van der Waals surface area contributed by atoms with Crippen LogP contribution in [-0.4, -0.2) is 30.9 Å². The van der Waals surface area contributed by atoms with E-state index in [1.54, 1.807) is 11.9 Å². The van der Waals surface area contributed by atoms with Crippen LogP contribution in [0.5, 0.6) is 0 Å². The van der Waals surface area contributed by atoms with E-state index in [4.69, 9.17) is 9.47 Å². The lowest BCUT2D eigenvalue weighted by atomic mass is 10.2. The molecule has 0 aliphatic carbocycles. The standard InChI is InChI=1S/C13H17NO3/c1-14(10-11-6-3-2-4-7-11)13(15)17-12-8-5-9-16-12/h2-4,6-7,12H,5,8-10H2,1H3/t12-/m1/s1. The van der Waals surface area contributed by atoms with Gasteiger partial charge in [-0.2, -0.15) is 0 Å². The number of carbonyl (C=O) groups is 1. The number of benzene rings is 1. The van der Waals surface area contributed by atoms with Gasteiger partial charge in [-0.25, -0.2) is 4.79 Å². The number of hydrogen-bond donors (Lipinski definition) is 0. The largest absolute Gasteiger partial charge is 0.419 e. The summed E-state index contributed by atoms with van der Waals surface area (Å²) in [7, 11) is 1.73. The minimum Gasteiger partial charge on any atom is -0.419 e. The normalized spacial score (nSPS) is 19.0. The SMILES string of the molecule is CN(Cc1ccccc1)C(=O)O[C@@H]1CCCO1. The number of rotatable bonds is 3. The summed E-state index contributed by atoms with van der Waals surface area (Å²) in [4.78, 5) is 13.3. The van der Waals surface area contributed by atoms with Crippen LogP contribution in [0.2, 0.25) is 0 Å². The van der Waals surface area contributed by atoms with Gasteiger partial charge in [0.1, 0.15) is 0 Å². The predicted octanol–water partition coefficient (Wildman–Crippen LogP) is 2.39. The Labute approximate surface area is 101 Å². The number of carbonyl (C=O) groups excluding carboxylic acids is 1. The molecular formula is C13H17NO3. The molecule has 1 amide bonds. The fourth-order valence-corrected chi connectivity index (χ4v) is 1.77. The van der Waals surface area contributed by atoms with Crippen LogP contribution in [0, 0.1) is 0 Å². The molecule has 17 heavy (non-hydrogen) atoms. The van der Waals surface area contributed by atoms with Crippen molar-refractivity contribution in [3.05, 3.63) is 35.9 Å². The molecule has 0 bridgehead atoms. The van der Waals surface area contributed by atoms with E-state index in [0.29, 0.717) is 13.2 Å². The molecule has 1 aliphatic heterocycles. The summed E-state index contributed by atoms with van der Waals surface area (Å²) in [5, 5.41) is 0. The van der Waals surface area contributed by atoms with E-state index in [1.807, 2.05) is 30.3 Å². The highest BCUT2D eigenvalue weighted by Gasteiger charge is 2.21. The first-order chi connectivity index (χ1) is 8.25. The average Bonchev–Trinajstić information content (AvgIpc) is 2.83. The third-order valence-corrected chi connectivity index (χ3v) is 2.69. The van der Waals surface area contributed by atoms with E-state index in [-0.39, 0.29) is 12.4 Å². The smallest absolute Gasteiger partial charge is 0.412 e. The van der Waals surface area contributed by atoms with Crippen LogP contribution in [0.1, 0.15) is 18.4 Å². The molecule has 1 atom stereocenters. The summed E-state index contributed by atoms with van der Waals surface area (Å²) < 4.78 is 10.5. The second-order valence-corrected chi connectivity index (χ2v) is 4.17.